The van der Waals surface area contributed by atoms with Gasteiger partial charge in [0, 0.05) is 60.6 Å². The van der Waals surface area contributed by atoms with E-state index in [1.807, 2.05) is 50.2 Å². The van der Waals surface area contributed by atoms with Crippen LogP contribution in [0.15, 0.2) is 72.4 Å². The lowest BCUT2D eigenvalue weighted by Gasteiger charge is -2.20. The van der Waals surface area contributed by atoms with Crippen LogP contribution < -0.4 is 10.3 Å². The number of para-hydroxylation sites is 1. The van der Waals surface area contributed by atoms with Gasteiger partial charge in [0.1, 0.15) is 22.9 Å². The number of nitrogens with zero attached hydrogens (tertiary/aromatic N) is 4. The first-order valence-electron chi connectivity index (χ1n) is 12.0. The minimum absolute atomic E-state index is 0.0504. The van der Waals surface area contributed by atoms with Crippen LogP contribution >= 0.6 is 23.2 Å². The van der Waals surface area contributed by atoms with Crippen molar-refractivity contribution in [2.45, 2.75) is 26.3 Å². The van der Waals surface area contributed by atoms with E-state index in [2.05, 4.69) is 11.6 Å². The van der Waals surface area contributed by atoms with Crippen molar-refractivity contribution < 1.29 is 17.9 Å². The Morgan fingerprint density at radius 1 is 1.18 bits per heavy atom. The summed E-state index contributed by atoms with van der Waals surface area (Å²) in [6, 6.07) is 8.15. The van der Waals surface area contributed by atoms with Crippen molar-refractivity contribution in [1.82, 2.24) is 19.4 Å². The van der Waals surface area contributed by atoms with Crippen LogP contribution in [0.5, 0.6) is 5.75 Å². The Labute approximate surface area is 239 Å². The topological polar surface area (TPSA) is 60.3 Å². The van der Waals surface area contributed by atoms with Crippen LogP contribution in [0.4, 0.5) is 13.2 Å². The molecule has 40 heavy (non-hydrogen) atoms. The van der Waals surface area contributed by atoms with E-state index >= 15 is 0 Å². The summed E-state index contributed by atoms with van der Waals surface area (Å²) < 4.78 is 47.1. The monoisotopic (exact) mass is 588 g/mol. The van der Waals surface area contributed by atoms with Crippen molar-refractivity contribution in [2.75, 3.05) is 14.1 Å². The number of hydrogen-bond acceptors (Lipinski definition) is 5. The summed E-state index contributed by atoms with van der Waals surface area (Å²) in [6.45, 7) is 5.41. The van der Waals surface area contributed by atoms with Crippen molar-refractivity contribution in [1.29, 1.82) is 0 Å². The van der Waals surface area contributed by atoms with Gasteiger partial charge in [0.2, 0.25) is 0 Å². The molecule has 0 aliphatic carbocycles. The molecule has 0 amide bonds. The van der Waals surface area contributed by atoms with Crippen LogP contribution in [0.1, 0.15) is 27.9 Å². The van der Waals surface area contributed by atoms with E-state index in [1.54, 1.807) is 12.1 Å². The number of fused-ring (bicyclic) bond motifs is 1. The average Bonchev–Trinajstić information content (AvgIpc) is 2.88. The van der Waals surface area contributed by atoms with Crippen LogP contribution in [0.25, 0.3) is 16.6 Å². The van der Waals surface area contributed by atoms with Gasteiger partial charge in [-0.3, -0.25) is 9.78 Å². The number of alkyl halides is 3. The fourth-order valence-electron chi connectivity index (χ4n) is 4.27. The first-order chi connectivity index (χ1) is 18.9. The van der Waals surface area contributed by atoms with E-state index in [0.29, 0.717) is 28.5 Å². The molecule has 4 rings (SSSR count). The molecule has 208 valence electrons. The number of hydrogen-bond donors (Lipinski definition) is 0. The lowest BCUT2D eigenvalue weighted by Crippen LogP contribution is -2.24. The lowest BCUT2D eigenvalue weighted by molar-refractivity contribution is -0.138. The molecule has 11 heteroatoms. The molecule has 6 nitrogen and oxygen atoms in total. The number of pyridine rings is 3. The van der Waals surface area contributed by atoms with E-state index in [-0.39, 0.29) is 18.2 Å². The second-order valence-electron chi connectivity index (χ2n) is 9.20. The molecule has 0 saturated heterocycles. The Morgan fingerprint density at radius 3 is 2.60 bits per heavy atom. The van der Waals surface area contributed by atoms with Crippen LogP contribution in [-0.2, 0) is 19.3 Å². The second kappa shape index (κ2) is 11.7. The Morgan fingerprint density at radius 2 is 1.93 bits per heavy atom. The number of aryl methyl sites for hydroxylation is 1. The molecular formula is C29H25Cl2F3N4O2. The smallest absolute Gasteiger partial charge is 0.417 e. The number of aromatic nitrogens is 3. The van der Waals surface area contributed by atoms with Crippen LogP contribution in [0, 0.1) is 6.92 Å². The van der Waals surface area contributed by atoms with Crippen molar-refractivity contribution in [3.63, 3.8) is 0 Å². The Balaban J connectivity index is 1.73. The highest BCUT2D eigenvalue weighted by Crippen LogP contribution is 2.33. The minimum Gasteiger partial charge on any atom is -0.487 e. The number of halogens is 5. The molecule has 0 unspecified atom stereocenters. The first-order valence-corrected chi connectivity index (χ1v) is 12.8. The fourth-order valence-corrected chi connectivity index (χ4v) is 4.73. The molecule has 0 bridgehead atoms. The van der Waals surface area contributed by atoms with Gasteiger partial charge < -0.3 is 14.2 Å². The molecular weight excluding hydrogens is 564 g/mol. The van der Waals surface area contributed by atoms with Crippen molar-refractivity contribution >= 4 is 39.8 Å². The zero-order chi connectivity index (χ0) is 29.2. The molecule has 0 aliphatic heterocycles. The standard InChI is InChI=1S/C29H25Cl2F3N4O2/c1-5-7-25(37(3)4)21-10-17(2)36-27-20(21)8-6-9-26(27)40-16-22-18(12-35-13-24(22)31)14-38-15-19(29(32,33)34)11-23(30)28(38)39/h5-13,15H,1,14,16H2,2-4H3/b25-7-. The molecule has 3 aromatic heterocycles. The lowest BCUT2D eigenvalue weighted by atomic mass is 10.0. The maximum atomic E-state index is 13.3. The average molecular weight is 589 g/mol. The van der Waals surface area contributed by atoms with Gasteiger partial charge in [-0.05, 0) is 36.8 Å². The maximum Gasteiger partial charge on any atom is 0.417 e. The molecule has 1 aromatic carbocycles. The number of ether oxygens (including phenoxy) is 1. The summed E-state index contributed by atoms with van der Waals surface area (Å²) in [4.78, 5) is 23.3. The Kier molecular flexibility index (Phi) is 8.56. The highest BCUT2D eigenvalue weighted by atomic mass is 35.5. The van der Waals surface area contributed by atoms with Crippen LogP contribution in [0.3, 0.4) is 0 Å². The predicted octanol–water partition coefficient (Wildman–Crippen LogP) is 7.14. The van der Waals surface area contributed by atoms with E-state index in [0.717, 1.165) is 33.1 Å². The number of allylic oxidation sites excluding steroid dienone is 2. The van der Waals surface area contributed by atoms with Crippen LogP contribution in [0.2, 0.25) is 10.0 Å². The molecule has 3 heterocycles. The molecule has 4 aromatic rings. The summed E-state index contributed by atoms with van der Waals surface area (Å²) in [5, 5.41) is 0.548. The molecule has 0 spiro atoms. The van der Waals surface area contributed by atoms with Crippen molar-refractivity contribution in [2.24, 2.45) is 0 Å². The SMILES string of the molecule is C=C/C=C(/c1cc(C)nc2c(OCc3c(Cl)cncc3Cn3cc(C(F)(F)F)cc(Cl)c3=O)cccc12)N(C)C. The summed E-state index contributed by atoms with van der Waals surface area (Å²) in [6.07, 6.45) is 2.50. The van der Waals surface area contributed by atoms with Crippen molar-refractivity contribution in [3.8, 4) is 5.75 Å². The summed E-state index contributed by atoms with van der Waals surface area (Å²) in [7, 11) is 3.88. The normalized spacial score (nSPS) is 12.1. The van der Waals surface area contributed by atoms with Gasteiger partial charge in [-0.2, -0.15) is 13.2 Å². The predicted molar refractivity (Wildman–Crippen MR) is 152 cm³/mol. The zero-order valence-corrected chi connectivity index (χ0v) is 23.4. The highest BCUT2D eigenvalue weighted by molar-refractivity contribution is 6.31. The van der Waals surface area contributed by atoms with E-state index in [9.17, 15) is 18.0 Å². The summed E-state index contributed by atoms with van der Waals surface area (Å²) in [5.74, 6) is 0.484. The molecule has 0 fully saturated rings. The first kappa shape index (κ1) is 29.2. The van der Waals surface area contributed by atoms with Crippen molar-refractivity contribution in [3.05, 3.63) is 116 Å². The van der Waals surface area contributed by atoms with Gasteiger partial charge in [0.25, 0.3) is 5.56 Å². The maximum absolute atomic E-state index is 13.3. The third kappa shape index (κ3) is 6.16. The Bertz CT molecular complexity index is 1680. The largest absolute Gasteiger partial charge is 0.487 e. The van der Waals surface area contributed by atoms with E-state index in [1.165, 1.54) is 12.4 Å². The zero-order valence-electron chi connectivity index (χ0n) is 21.9. The molecule has 0 N–H and O–H groups in total. The van der Waals surface area contributed by atoms with Gasteiger partial charge in [-0.15, -0.1) is 0 Å². The molecule has 0 atom stereocenters. The van der Waals surface area contributed by atoms with Gasteiger partial charge in [-0.1, -0.05) is 48.0 Å². The minimum atomic E-state index is -4.68. The van der Waals surface area contributed by atoms with Gasteiger partial charge in [0.05, 0.1) is 17.1 Å². The second-order valence-corrected chi connectivity index (χ2v) is 10.0. The third-order valence-corrected chi connectivity index (χ3v) is 6.74. The summed E-state index contributed by atoms with van der Waals surface area (Å²) >= 11 is 12.3. The molecule has 0 radical (unpaired) electrons. The molecule has 0 saturated carbocycles. The summed E-state index contributed by atoms with van der Waals surface area (Å²) in [5.41, 5.74) is 2.34. The number of rotatable bonds is 8. The van der Waals surface area contributed by atoms with E-state index < -0.39 is 22.3 Å². The highest BCUT2D eigenvalue weighted by Gasteiger charge is 2.32. The van der Waals surface area contributed by atoms with Crippen LogP contribution in [-0.4, -0.2) is 33.5 Å². The number of benzene rings is 1. The van der Waals surface area contributed by atoms with Gasteiger partial charge >= 0.3 is 6.18 Å². The fraction of sp³-hybridized carbons (Fsp3) is 0.207. The van der Waals surface area contributed by atoms with Gasteiger partial charge in [0.15, 0.2) is 0 Å². The molecule has 0 aliphatic rings. The quantitative estimate of drug-likeness (QED) is 0.205. The van der Waals surface area contributed by atoms with Gasteiger partial charge in [-0.25, -0.2) is 4.98 Å². The third-order valence-electron chi connectivity index (χ3n) is 6.14. The Hall–Kier alpha value is -3.82. The van der Waals surface area contributed by atoms with E-state index in [4.69, 9.17) is 32.9 Å².